The van der Waals surface area contributed by atoms with Gasteiger partial charge in [0.25, 0.3) is 5.91 Å². The summed E-state index contributed by atoms with van der Waals surface area (Å²) in [6, 6.07) is 0.856. The number of carbonyl (C=O) groups excluding carboxylic acids is 1. The van der Waals surface area contributed by atoms with Crippen molar-refractivity contribution in [3.63, 3.8) is 0 Å². The number of hydrogen-bond donors (Lipinski definition) is 0. The van der Waals surface area contributed by atoms with Gasteiger partial charge >= 0.3 is 0 Å². The smallest absolute Gasteiger partial charge is 0.259 e. The Balaban J connectivity index is 1.45. The number of rotatable bonds is 5. The minimum atomic E-state index is 0.0532. The molecule has 1 aliphatic heterocycles. The summed E-state index contributed by atoms with van der Waals surface area (Å²) in [5.41, 5.74) is 1.31. The summed E-state index contributed by atoms with van der Waals surface area (Å²) in [5.74, 6) is 1.71. The molecule has 2 aromatic rings. The molecule has 128 valence electrons. The van der Waals surface area contributed by atoms with Crippen LogP contribution in [-0.4, -0.2) is 43.3 Å². The van der Waals surface area contributed by atoms with Gasteiger partial charge in [0.2, 0.25) is 0 Å². The first-order chi connectivity index (χ1) is 11.6. The monoisotopic (exact) mass is 329 g/mol. The average Bonchev–Trinajstić information content (AvgIpc) is 2.98. The summed E-state index contributed by atoms with van der Waals surface area (Å²) in [5, 5.41) is 12.2. The van der Waals surface area contributed by atoms with E-state index >= 15 is 0 Å². The molecule has 1 aliphatic carbocycles. The van der Waals surface area contributed by atoms with Crippen LogP contribution in [0.3, 0.4) is 0 Å². The van der Waals surface area contributed by atoms with Crippen LogP contribution in [0, 0.1) is 13.8 Å². The van der Waals surface area contributed by atoms with Crippen LogP contribution in [0.5, 0.6) is 0 Å². The molecule has 0 aromatic carbocycles. The fourth-order valence-corrected chi connectivity index (χ4v) is 3.73. The quantitative estimate of drug-likeness (QED) is 0.842. The fraction of sp³-hybridized carbons (Fsp3) is 0.647. The summed E-state index contributed by atoms with van der Waals surface area (Å²) in [4.78, 5) is 14.9. The lowest BCUT2D eigenvalue weighted by molar-refractivity contribution is 0.0727. The minimum Gasteiger partial charge on any atom is -0.361 e. The van der Waals surface area contributed by atoms with E-state index in [1.165, 1.54) is 12.8 Å². The Morgan fingerprint density at radius 3 is 2.88 bits per heavy atom. The van der Waals surface area contributed by atoms with Crippen LogP contribution in [0.1, 0.15) is 65.8 Å². The van der Waals surface area contributed by atoms with E-state index in [9.17, 15) is 4.79 Å². The molecular formula is C17H23N5O2. The second kappa shape index (κ2) is 6.03. The predicted octanol–water partition coefficient (Wildman–Crippen LogP) is 2.46. The maximum Gasteiger partial charge on any atom is 0.259 e. The van der Waals surface area contributed by atoms with Crippen LogP contribution in [-0.2, 0) is 6.42 Å². The molecule has 0 N–H and O–H groups in total. The van der Waals surface area contributed by atoms with Crippen molar-refractivity contribution in [1.29, 1.82) is 0 Å². The lowest BCUT2D eigenvalue weighted by atomic mass is 10.1. The summed E-state index contributed by atoms with van der Waals surface area (Å²) < 4.78 is 7.36. The van der Waals surface area contributed by atoms with Gasteiger partial charge in [0.05, 0.1) is 5.69 Å². The Bertz CT molecular complexity index is 726. The highest BCUT2D eigenvalue weighted by atomic mass is 16.5. The highest BCUT2D eigenvalue weighted by Crippen LogP contribution is 2.35. The molecule has 0 radical (unpaired) electrons. The van der Waals surface area contributed by atoms with E-state index in [2.05, 4.69) is 19.9 Å². The van der Waals surface area contributed by atoms with Crippen molar-refractivity contribution in [1.82, 2.24) is 24.8 Å². The normalized spacial score (nSPS) is 20.8. The number of aryl methyl sites for hydroxylation is 3. The molecule has 7 nitrogen and oxygen atoms in total. The molecule has 2 aromatic heterocycles. The topological polar surface area (TPSA) is 77.1 Å². The molecule has 24 heavy (non-hydrogen) atoms. The van der Waals surface area contributed by atoms with Crippen LogP contribution in [0.2, 0.25) is 0 Å². The van der Waals surface area contributed by atoms with Crippen molar-refractivity contribution in [3.8, 4) is 0 Å². The van der Waals surface area contributed by atoms with E-state index in [1.807, 2.05) is 18.2 Å². The van der Waals surface area contributed by atoms with Crippen molar-refractivity contribution in [3.05, 3.63) is 29.2 Å². The second-order valence-electron chi connectivity index (χ2n) is 6.92. The molecule has 0 spiro atoms. The molecule has 7 heteroatoms. The first-order valence-electron chi connectivity index (χ1n) is 8.77. The first kappa shape index (κ1) is 15.4. The molecule has 4 rings (SSSR count). The van der Waals surface area contributed by atoms with Gasteiger partial charge in [0.15, 0.2) is 0 Å². The number of likely N-dealkylation sites (tertiary alicyclic amines) is 1. The highest BCUT2D eigenvalue weighted by Gasteiger charge is 2.33. The zero-order chi connectivity index (χ0) is 16.7. The van der Waals surface area contributed by atoms with Crippen LogP contribution >= 0.6 is 0 Å². The molecule has 1 amide bonds. The van der Waals surface area contributed by atoms with Crippen LogP contribution in [0.25, 0.3) is 0 Å². The molecule has 2 aliphatic rings. The maximum atomic E-state index is 12.9. The first-order valence-corrected chi connectivity index (χ1v) is 8.77. The van der Waals surface area contributed by atoms with Crippen molar-refractivity contribution in [2.45, 2.75) is 64.5 Å². The summed E-state index contributed by atoms with van der Waals surface area (Å²) >= 11 is 0. The van der Waals surface area contributed by atoms with Gasteiger partial charge in [-0.1, -0.05) is 5.16 Å². The standard InChI is InChI=1S/C17H23N5O2/c1-11-16(12(2)24-20-11)17(23)21-9-3-4-13(21)7-8-15-19-18-10-22(15)14-5-6-14/h10,13-14H,3-9H2,1-2H3. The van der Waals surface area contributed by atoms with Gasteiger partial charge in [-0.3, -0.25) is 4.79 Å². The second-order valence-corrected chi connectivity index (χ2v) is 6.92. The highest BCUT2D eigenvalue weighted by molar-refractivity contribution is 5.96. The Morgan fingerprint density at radius 1 is 1.33 bits per heavy atom. The molecule has 1 saturated heterocycles. The lowest BCUT2D eigenvalue weighted by Crippen LogP contribution is -2.36. The molecule has 3 heterocycles. The van der Waals surface area contributed by atoms with Crippen molar-refractivity contribution in [2.75, 3.05) is 6.54 Å². The molecular weight excluding hydrogens is 306 g/mol. The minimum absolute atomic E-state index is 0.0532. The SMILES string of the molecule is Cc1noc(C)c1C(=O)N1CCCC1CCc1nncn1C1CC1. The molecule has 1 unspecified atom stereocenters. The van der Waals surface area contributed by atoms with Crippen LogP contribution in [0.15, 0.2) is 10.9 Å². The summed E-state index contributed by atoms with van der Waals surface area (Å²) in [6.07, 6.45) is 8.19. The number of nitrogens with zero attached hydrogens (tertiary/aromatic N) is 5. The molecule has 2 fully saturated rings. The van der Waals surface area contributed by atoms with Gasteiger partial charge < -0.3 is 14.0 Å². The molecule has 0 bridgehead atoms. The third kappa shape index (κ3) is 2.72. The van der Waals surface area contributed by atoms with Gasteiger partial charge in [-0.2, -0.15) is 0 Å². The van der Waals surface area contributed by atoms with Crippen molar-refractivity contribution < 1.29 is 9.32 Å². The van der Waals surface area contributed by atoms with E-state index in [0.717, 1.165) is 38.1 Å². The number of aromatic nitrogens is 4. The Hall–Kier alpha value is -2.18. The maximum absolute atomic E-state index is 12.9. The zero-order valence-electron chi connectivity index (χ0n) is 14.2. The Morgan fingerprint density at radius 2 is 2.17 bits per heavy atom. The average molecular weight is 329 g/mol. The Labute approximate surface area is 141 Å². The third-order valence-corrected chi connectivity index (χ3v) is 5.17. The lowest BCUT2D eigenvalue weighted by Gasteiger charge is -2.24. The van der Waals surface area contributed by atoms with Crippen molar-refractivity contribution >= 4 is 5.91 Å². The van der Waals surface area contributed by atoms with E-state index in [-0.39, 0.29) is 11.9 Å². The number of amides is 1. The van der Waals surface area contributed by atoms with Crippen LogP contribution in [0.4, 0.5) is 0 Å². The van der Waals surface area contributed by atoms with Gasteiger partial charge in [-0.25, -0.2) is 0 Å². The van der Waals surface area contributed by atoms with Crippen molar-refractivity contribution in [2.24, 2.45) is 0 Å². The Kier molecular flexibility index (Phi) is 3.86. The van der Waals surface area contributed by atoms with Gasteiger partial charge in [-0.05, 0) is 46.0 Å². The van der Waals surface area contributed by atoms with E-state index in [0.29, 0.717) is 23.1 Å². The number of carbonyl (C=O) groups is 1. The predicted molar refractivity (Wildman–Crippen MR) is 86.6 cm³/mol. The van der Waals surface area contributed by atoms with Crippen LogP contribution < -0.4 is 0 Å². The largest absolute Gasteiger partial charge is 0.361 e. The number of hydrogen-bond acceptors (Lipinski definition) is 5. The third-order valence-electron chi connectivity index (χ3n) is 5.17. The molecule has 1 saturated carbocycles. The van der Waals surface area contributed by atoms with E-state index < -0.39 is 0 Å². The zero-order valence-corrected chi connectivity index (χ0v) is 14.2. The van der Waals surface area contributed by atoms with E-state index in [1.54, 1.807) is 6.92 Å². The van der Waals surface area contributed by atoms with Gasteiger partial charge in [-0.15, -0.1) is 10.2 Å². The fourth-order valence-electron chi connectivity index (χ4n) is 3.73. The van der Waals surface area contributed by atoms with E-state index in [4.69, 9.17) is 4.52 Å². The molecule has 1 atom stereocenters. The van der Waals surface area contributed by atoms with Gasteiger partial charge in [0, 0.05) is 25.0 Å². The summed E-state index contributed by atoms with van der Waals surface area (Å²) in [7, 11) is 0. The van der Waals surface area contributed by atoms with Gasteiger partial charge in [0.1, 0.15) is 23.5 Å². The summed E-state index contributed by atoms with van der Waals surface area (Å²) in [6.45, 7) is 4.44.